The molecule has 0 aliphatic rings. The third-order valence-corrected chi connectivity index (χ3v) is 4.22. The Kier molecular flexibility index (Phi) is 4.38. The standard InChI is InChI=1S/C12H16N4O3S/c1-19-11-4-9(5-13)2-3-12(11)20(17,18)16-8-10-6-14-15-7-10/h2-4,6-7,16H,5,8,13H2,1H3,(H,14,15). The molecule has 2 aromatic rings. The SMILES string of the molecule is COc1cc(CN)ccc1S(=O)(=O)NCc1cn[nH]c1. The maximum absolute atomic E-state index is 12.3. The Morgan fingerprint density at radius 1 is 1.40 bits per heavy atom. The van der Waals surface area contributed by atoms with Gasteiger partial charge in [-0.15, -0.1) is 0 Å². The Hall–Kier alpha value is -1.90. The van der Waals surface area contributed by atoms with Crippen molar-refractivity contribution in [2.24, 2.45) is 5.73 Å². The highest BCUT2D eigenvalue weighted by Gasteiger charge is 2.19. The molecule has 1 heterocycles. The normalized spacial score (nSPS) is 11.5. The lowest BCUT2D eigenvalue weighted by Crippen LogP contribution is -2.23. The maximum Gasteiger partial charge on any atom is 0.244 e. The first kappa shape index (κ1) is 14.5. The minimum Gasteiger partial charge on any atom is -0.495 e. The van der Waals surface area contributed by atoms with Gasteiger partial charge in [0.2, 0.25) is 10.0 Å². The molecule has 0 amide bonds. The molecule has 0 fully saturated rings. The molecule has 0 bridgehead atoms. The molecule has 1 aromatic heterocycles. The third kappa shape index (κ3) is 3.16. The Morgan fingerprint density at radius 3 is 2.80 bits per heavy atom. The number of nitrogens with one attached hydrogen (secondary N) is 2. The van der Waals surface area contributed by atoms with E-state index in [2.05, 4.69) is 14.9 Å². The lowest BCUT2D eigenvalue weighted by Gasteiger charge is -2.11. The van der Waals surface area contributed by atoms with Crippen molar-refractivity contribution in [1.29, 1.82) is 0 Å². The Bertz CT molecular complexity index is 668. The number of nitrogens with zero attached hydrogens (tertiary/aromatic N) is 1. The second kappa shape index (κ2) is 6.04. The predicted molar refractivity (Wildman–Crippen MR) is 73.5 cm³/mol. The second-order valence-electron chi connectivity index (χ2n) is 4.12. The van der Waals surface area contributed by atoms with Crippen molar-refractivity contribution in [1.82, 2.24) is 14.9 Å². The Labute approximate surface area is 117 Å². The first-order valence-electron chi connectivity index (χ1n) is 5.91. The summed E-state index contributed by atoms with van der Waals surface area (Å²) >= 11 is 0. The zero-order valence-corrected chi connectivity index (χ0v) is 11.8. The number of hydrogen-bond acceptors (Lipinski definition) is 5. The highest BCUT2D eigenvalue weighted by Crippen LogP contribution is 2.24. The second-order valence-corrected chi connectivity index (χ2v) is 5.86. The van der Waals surface area contributed by atoms with Gasteiger partial charge in [-0.3, -0.25) is 5.10 Å². The van der Waals surface area contributed by atoms with Crippen molar-refractivity contribution in [3.05, 3.63) is 41.7 Å². The molecular formula is C12H16N4O3S. The Balaban J connectivity index is 2.24. The first-order chi connectivity index (χ1) is 9.56. The lowest BCUT2D eigenvalue weighted by molar-refractivity contribution is 0.401. The largest absolute Gasteiger partial charge is 0.495 e. The molecule has 4 N–H and O–H groups in total. The molecule has 108 valence electrons. The van der Waals surface area contributed by atoms with Gasteiger partial charge in [0.15, 0.2) is 0 Å². The van der Waals surface area contributed by atoms with Crippen LogP contribution in [-0.4, -0.2) is 25.7 Å². The van der Waals surface area contributed by atoms with Crippen LogP contribution in [0.4, 0.5) is 0 Å². The summed E-state index contributed by atoms with van der Waals surface area (Å²) in [4.78, 5) is 0.0840. The predicted octanol–water partition coefficient (Wildman–Crippen LogP) is 0.356. The molecule has 20 heavy (non-hydrogen) atoms. The van der Waals surface area contributed by atoms with Crippen molar-refractivity contribution in [2.75, 3.05) is 7.11 Å². The van der Waals surface area contributed by atoms with Crippen LogP contribution in [0.5, 0.6) is 5.75 Å². The minimum absolute atomic E-state index is 0.0840. The number of H-pyrrole nitrogens is 1. The van der Waals surface area contributed by atoms with Gasteiger partial charge in [-0.25, -0.2) is 13.1 Å². The van der Waals surface area contributed by atoms with Crippen LogP contribution in [-0.2, 0) is 23.1 Å². The van der Waals surface area contributed by atoms with Gasteiger partial charge in [0.05, 0.1) is 13.3 Å². The van der Waals surface area contributed by atoms with Crippen molar-refractivity contribution in [2.45, 2.75) is 18.0 Å². The van der Waals surface area contributed by atoms with Crippen molar-refractivity contribution in [3.63, 3.8) is 0 Å². The summed E-state index contributed by atoms with van der Waals surface area (Å²) in [6.45, 7) is 0.472. The molecule has 0 aliphatic carbocycles. The molecule has 0 saturated carbocycles. The summed E-state index contributed by atoms with van der Waals surface area (Å²) in [6, 6.07) is 4.76. The van der Waals surface area contributed by atoms with Crippen LogP contribution in [0.1, 0.15) is 11.1 Å². The number of aromatic nitrogens is 2. The van der Waals surface area contributed by atoms with E-state index in [1.54, 1.807) is 24.5 Å². The third-order valence-electron chi connectivity index (χ3n) is 2.77. The lowest BCUT2D eigenvalue weighted by atomic mass is 10.2. The van der Waals surface area contributed by atoms with E-state index in [9.17, 15) is 8.42 Å². The highest BCUT2D eigenvalue weighted by atomic mass is 32.2. The number of aromatic amines is 1. The van der Waals surface area contributed by atoms with E-state index in [-0.39, 0.29) is 17.2 Å². The molecule has 0 aliphatic heterocycles. The fourth-order valence-electron chi connectivity index (χ4n) is 1.69. The van der Waals surface area contributed by atoms with Crippen LogP contribution in [0.25, 0.3) is 0 Å². The van der Waals surface area contributed by atoms with E-state index in [0.717, 1.165) is 11.1 Å². The van der Waals surface area contributed by atoms with Crippen LogP contribution >= 0.6 is 0 Å². The number of hydrogen-bond donors (Lipinski definition) is 3. The summed E-state index contributed by atoms with van der Waals surface area (Å²) in [5.74, 6) is 0.271. The van der Waals surface area contributed by atoms with Gasteiger partial charge in [-0.05, 0) is 17.7 Å². The van der Waals surface area contributed by atoms with Gasteiger partial charge >= 0.3 is 0 Å². The van der Waals surface area contributed by atoms with E-state index in [1.165, 1.54) is 13.2 Å². The van der Waals surface area contributed by atoms with Crippen LogP contribution in [0, 0.1) is 0 Å². The van der Waals surface area contributed by atoms with Crippen LogP contribution in [0.15, 0.2) is 35.5 Å². The molecule has 2 rings (SSSR count). The van der Waals surface area contributed by atoms with Crippen LogP contribution in [0.2, 0.25) is 0 Å². The summed E-state index contributed by atoms with van der Waals surface area (Å²) in [5, 5.41) is 6.37. The number of nitrogens with two attached hydrogens (primary N) is 1. The van der Waals surface area contributed by atoms with Gasteiger partial charge in [0.1, 0.15) is 10.6 Å². The zero-order valence-electron chi connectivity index (χ0n) is 11.0. The van der Waals surface area contributed by atoms with Gasteiger partial charge in [-0.2, -0.15) is 5.10 Å². The quantitative estimate of drug-likeness (QED) is 0.712. The fourth-order valence-corrected chi connectivity index (χ4v) is 2.86. The number of sulfonamides is 1. The molecular weight excluding hydrogens is 280 g/mol. The number of methoxy groups -OCH3 is 1. The topological polar surface area (TPSA) is 110 Å². The molecule has 7 nitrogen and oxygen atoms in total. The highest BCUT2D eigenvalue weighted by molar-refractivity contribution is 7.89. The van der Waals surface area contributed by atoms with Gasteiger partial charge in [0, 0.05) is 24.8 Å². The summed E-state index contributed by atoms with van der Waals surface area (Å²) < 4.78 is 32.1. The number of benzene rings is 1. The summed E-state index contributed by atoms with van der Waals surface area (Å²) in [5.41, 5.74) is 7.07. The minimum atomic E-state index is -3.66. The van der Waals surface area contributed by atoms with Crippen molar-refractivity contribution in [3.8, 4) is 5.75 Å². The number of ether oxygens (including phenoxy) is 1. The maximum atomic E-state index is 12.3. The number of rotatable bonds is 6. The zero-order chi connectivity index (χ0) is 14.6. The summed E-state index contributed by atoms with van der Waals surface area (Å²) in [6.07, 6.45) is 3.18. The van der Waals surface area contributed by atoms with Gasteiger partial charge < -0.3 is 10.5 Å². The molecule has 0 radical (unpaired) electrons. The van der Waals surface area contributed by atoms with Crippen LogP contribution < -0.4 is 15.2 Å². The molecule has 0 saturated heterocycles. The molecule has 1 aromatic carbocycles. The summed E-state index contributed by atoms with van der Waals surface area (Å²) in [7, 11) is -2.24. The molecule has 8 heteroatoms. The smallest absolute Gasteiger partial charge is 0.244 e. The van der Waals surface area contributed by atoms with Gasteiger partial charge in [0.25, 0.3) is 0 Å². The molecule has 0 unspecified atom stereocenters. The average Bonchev–Trinajstić information content (AvgIpc) is 2.97. The fraction of sp³-hybridized carbons (Fsp3) is 0.250. The molecule has 0 atom stereocenters. The van der Waals surface area contributed by atoms with E-state index < -0.39 is 10.0 Å². The monoisotopic (exact) mass is 296 g/mol. The average molecular weight is 296 g/mol. The first-order valence-corrected chi connectivity index (χ1v) is 7.39. The molecule has 0 spiro atoms. The Morgan fingerprint density at radius 2 is 2.20 bits per heavy atom. The van der Waals surface area contributed by atoms with Gasteiger partial charge in [-0.1, -0.05) is 6.07 Å². The van der Waals surface area contributed by atoms with E-state index >= 15 is 0 Å². The van der Waals surface area contributed by atoms with Crippen molar-refractivity contribution < 1.29 is 13.2 Å². The van der Waals surface area contributed by atoms with Crippen molar-refractivity contribution >= 4 is 10.0 Å². The van der Waals surface area contributed by atoms with E-state index in [1.807, 2.05) is 0 Å². The van der Waals surface area contributed by atoms with E-state index in [0.29, 0.717) is 6.54 Å². The van der Waals surface area contributed by atoms with E-state index in [4.69, 9.17) is 10.5 Å². The van der Waals surface area contributed by atoms with Crippen LogP contribution in [0.3, 0.4) is 0 Å².